The number of allylic oxidation sites excluding steroid dienone is 1. The van der Waals surface area contributed by atoms with E-state index < -0.39 is 0 Å². The third-order valence-electron chi connectivity index (χ3n) is 5.21. The van der Waals surface area contributed by atoms with Crippen LogP contribution in [-0.2, 0) is 13.0 Å². The molecule has 0 saturated heterocycles. The second kappa shape index (κ2) is 10.3. The van der Waals surface area contributed by atoms with Crippen molar-refractivity contribution in [3.05, 3.63) is 87.1 Å². The van der Waals surface area contributed by atoms with Crippen LogP contribution >= 0.6 is 0 Å². The number of para-hydroxylation sites is 2. The van der Waals surface area contributed by atoms with E-state index in [9.17, 15) is 14.9 Å². The summed E-state index contributed by atoms with van der Waals surface area (Å²) in [5, 5.41) is 12.0. The highest BCUT2D eigenvalue weighted by Gasteiger charge is 2.17. The number of aromatic nitrogens is 2. The van der Waals surface area contributed by atoms with Crippen LogP contribution in [-0.4, -0.2) is 15.5 Å². The lowest BCUT2D eigenvalue weighted by Crippen LogP contribution is -2.20. The maximum Gasteiger partial charge on any atom is 0.326 e. The van der Waals surface area contributed by atoms with Crippen LogP contribution in [0.2, 0.25) is 0 Å². The fourth-order valence-corrected chi connectivity index (χ4v) is 3.61. The molecule has 2 aromatic carbocycles. The minimum Gasteiger partial charge on any atom is -0.397 e. The second-order valence-electron chi connectivity index (χ2n) is 7.25. The number of nitrogens with one attached hydrogen (secondary N) is 2. The van der Waals surface area contributed by atoms with Crippen LogP contribution in [0.1, 0.15) is 54.0 Å². The summed E-state index contributed by atoms with van der Waals surface area (Å²) in [4.78, 5) is 27.8. The molecule has 0 spiro atoms. The molecule has 1 amide bonds. The Kier molecular flexibility index (Phi) is 7.29. The molecule has 1 heterocycles. The van der Waals surface area contributed by atoms with Crippen molar-refractivity contribution in [3.63, 3.8) is 0 Å². The number of benzene rings is 2. The van der Waals surface area contributed by atoms with Gasteiger partial charge in [-0.3, -0.25) is 9.36 Å². The fraction of sp³-hybridized carbons (Fsp3) is 0.240. The zero-order valence-electron chi connectivity index (χ0n) is 18.3. The lowest BCUT2D eigenvalue weighted by molar-refractivity contribution is 0.102. The molecule has 1 aliphatic carbocycles. The standard InChI is InChI=1S/C23H21N5O2.C2H6/c24-13-16-4-3-7-21-20(12-16)27-23(30)28(21)14-15-8-10-17(11-9-15)22(29)26-19-6-2-1-5-18(19)25;1-2/h1-2,5-6,8-12H,3-4,7,14,25H2,(H,26,29)(H,27,30);1-2H3. The van der Waals surface area contributed by atoms with Crippen molar-refractivity contribution in [3.8, 4) is 6.07 Å². The van der Waals surface area contributed by atoms with Crippen molar-refractivity contribution >= 4 is 23.4 Å². The number of carbonyl (C=O) groups excluding carboxylic acids is 1. The Bertz CT molecular complexity index is 1230. The van der Waals surface area contributed by atoms with E-state index in [4.69, 9.17) is 5.73 Å². The van der Waals surface area contributed by atoms with Gasteiger partial charge in [0.05, 0.1) is 29.7 Å². The molecular weight excluding hydrogens is 402 g/mol. The number of anilines is 2. The number of imidazole rings is 1. The molecule has 164 valence electrons. The number of fused-ring (bicyclic) bond motifs is 1. The topological polar surface area (TPSA) is 117 Å². The summed E-state index contributed by atoms with van der Waals surface area (Å²) in [7, 11) is 0. The van der Waals surface area contributed by atoms with E-state index in [2.05, 4.69) is 16.4 Å². The number of hydrogen-bond donors (Lipinski definition) is 3. The highest BCUT2D eigenvalue weighted by Crippen LogP contribution is 2.22. The Balaban J connectivity index is 0.00000141. The van der Waals surface area contributed by atoms with Crippen LogP contribution in [0.5, 0.6) is 0 Å². The third-order valence-corrected chi connectivity index (χ3v) is 5.21. The molecule has 0 unspecified atom stereocenters. The molecule has 4 N–H and O–H groups in total. The van der Waals surface area contributed by atoms with Gasteiger partial charge >= 0.3 is 5.69 Å². The monoisotopic (exact) mass is 429 g/mol. The molecule has 4 rings (SSSR count). The van der Waals surface area contributed by atoms with Crippen molar-refractivity contribution < 1.29 is 4.79 Å². The van der Waals surface area contributed by atoms with Gasteiger partial charge in [0.2, 0.25) is 0 Å². The minimum absolute atomic E-state index is 0.197. The Hall–Kier alpha value is -4.05. The molecule has 0 atom stereocenters. The zero-order valence-corrected chi connectivity index (χ0v) is 18.3. The van der Waals surface area contributed by atoms with Gasteiger partial charge in [0, 0.05) is 16.8 Å². The first-order valence-corrected chi connectivity index (χ1v) is 10.7. The van der Waals surface area contributed by atoms with Crippen LogP contribution in [0.15, 0.2) is 58.9 Å². The van der Waals surface area contributed by atoms with Gasteiger partial charge in [0.1, 0.15) is 0 Å². The number of H-pyrrole nitrogens is 1. The van der Waals surface area contributed by atoms with Crippen LogP contribution in [0.3, 0.4) is 0 Å². The summed E-state index contributed by atoms with van der Waals surface area (Å²) in [5.74, 6) is -0.249. The smallest absolute Gasteiger partial charge is 0.326 e. The summed E-state index contributed by atoms with van der Waals surface area (Å²) in [6, 6.07) is 16.4. The molecule has 0 radical (unpaired) electrons. The summed E-state index contributed by atoms with van der Waals surface area (Å²) < 4.78 is 1.70. The number of rotatable bonds is 4. The highest BCUT2D eigenvalue weighted by molar-refractivity contribution is 6.05. The summed E-state index contributed by atoms with van der Waals surface area (Å²) in [6.07, 6.45) is 4.03. The van der Waals surface area contributed by atoms with Gasteiger partial charge in [-0.15, -0.1) is 0 Å². The van der Waals surface area contributed by atoms with Gasteiger partial charge in [-0.25, -0.2) is 4.79 Å². The number of amides is 1. The lowest BCUT2D eigenvalue weighted by atomic mass is 10.1. The molecule has 7 nitrogen and oxygen atoms in total. The number of nitriles is 1. The number of hydrogen-bond acceptors (Lipinski definition) is 4. The molecular formula is C25H27N5O2. The van der Waals surface area contributed by atoms with Gasteiger partial charge in [-0.2, -0.15) is 5.26 Å². The van der Waals surface area contributed by atoms with Gasteiger partial charge in [-0.1, -0.05) is 38.1 Å². The summed E-state index contributed by atoms with van der Waals surface area (Å²) in [6.45, 7) is 4.40. The molecule has 3 aromatic rings. The third kappa shape index (κ3) is 4.98. The van der Waals surface area contributed by atoms with E-state index in [1.54, 1.807) is 47.0 Å². The molecule has 1 aromatic heterocycles. The lowest BCUT2D eigenvalue weighted by Gasteiger charge is -2.10. The first kappa shape index (κ1) is 22.6. The Morgan fingerprint density at radius 3 is 2.56 bits per heavy atom. The van der Waals surface area contributed by atoms with E-state index >= 15 is 0 Å². The maximum atomic E-state index is 12.5. The van der Waals surface area contributed by atoms with Gasteiger partial charge in [-0.05, 0) is 55.2 Å². The number of nitrogens with two attached hydrogens (primary N) is 1. The van der Waals surface area contributed by atoms with Crippen LogP contribution in [0.25, 0.3) is 6.08 Å². The Morgan fingerprint density at radius 1 is 1.16 bits per heavy atom. The van der Waals surface area contributed by atoms with Crippen LogP contribution in [0, 0.1) is 11.3 Å². The number of aromatic amines is 1. The van der Waals surface area contributed by atoms with Crippen molar-refractivity contribution in [1.82, 2.24) is 9.55 Å². The largest absolute Gasteiger partial charge is 0.397 e. The first-order chi connectivity index (χ1) is 15.5. The quantitative estimate of drug-likeness (QED) is 0.535. The van der Waals surface area contributed by atoms with E-state index in [1.807, 2.05) is 26.0 Å². The second-order valence-corrected chi connectivity index (χ2v) is 7.25. The average molecular weight is 430 g/mol. The van der Waals surface area contributed by atoms with Crippen LogP contribution < -0.4 is 16.7 Å². The number of carbonyl (C=O) groups is 1. The van der Waals surface area contributed by atoms with Crippen molar-refractivity contribution in [2.45, 2.75) is 39.7 Å². The van der Waals surface area contributed by atoms with Gasteiger partial charge in [0.25, 0.3) is 5.91 Å². The molecule has 0 saturated carbocycles. The minimum atomic E-state index is -0.249. The van der Waals surface area contributed by atoms with Gasteiger partial charge in [0.15, 0.2) is 0 Å². The molecule has 7 heteroatoms. The summed E-state index contributed by atoms with van der Waals surface area (Å²) in [5.41, 5.74) is 10.5. The number of nitrogen functional groups attached to an aromatic ring is 1. The normalized spacial score (nSPS) is 12.3. The predicted octanol–water partition coefficient (Wildman–Crippen LogP) is 4.33. The maximum absolute atomic E-state index is 12.5. The SMILES string of the molecule is CC.N#CC1=Cc2[nH]c(=O)n(Cc3ccc(C(=O)Nc4ccccc4N)cc3)c2CCC1. The molecule has 0 aliphatic heterocycles. The van der Waals surface area contributed by atoms with Crippen molar-refractivity contribution in [2.75, 3.05) is 11.1 Å². The van der Waals surface area contributed by atoms with E-state index in [0.717, 1.165) is 24.1 Å². The predicted molar refractivity (Wildman–Crippen MR) is 127 cm³/mol. The highest BCUT2D eigenvalue weighted by atomic mass is 16.2. The van der Waals surface area contributed by atoms with Crippen molar-refractivity contribution in [1.29, 1.82) is 5.26 Å². The Labute approximate surface area is 187 Å². The fourth-order valence-electron chi connectivity index (χ4n) is 3.61. The molecule has 1 aliphatic rings. The first-order valence-electron chi connectivity index (χ1n) is 10.7. The molecule has 0 fully saturated rings. The molecule has 0 bridgehead atoms. The van der Waals surface area contributed by atoms with Crippen molar-refractivity contribution in [2.24, 2.45) is 0 Å². The van der Waals surface area contributed by atoms with E-state index in [0.29, 0.717) is 41.2 Å². The number of nitrogens with zero attached hydrogens (tertiary/aromatic N) is 2. The zero-order chi connectivity index (χ0) is 23.1. The van der Waals surface area contributed by atoms with Gasteiger partial charge < -0.3 is 16.0 Å². The van der Waals surface area contributed by atoms with E-state index in [1.165, 1.54) is 0 Å². The van der Waals surface area contributed by atoms with Crippen LogP contribution in [0.4, 0.5) is 11.4 Å². The van der Waals surface area contributed by atoms with E-state index in [-0.39, 0.29) is 11.6 Å². The molecule has 32 heavy (non-hydrogen) atoms. The summed E-state index contributed by atoms with van der Waals surface area (Å²) >= 11 is 0. The Morgan fingerprint density at radius 2 is 1.88 bits per heavy atom. The average Bonchev–Trinajstić information content (AvgIpc) is 2.97.